The lowest BCUT2D eigenvalue weighted by atomic mass is 10.0. The molecule has 3 fully saturated rings. The molecule has 6 heteroatoms. The molecule has 6 rings (SSSR count). The average molecular weight is 445 g/mol. The van der Waals surface area contributed by atoms with E-state index in [2.05, 4.69) is 29.1 Å². The summed E-state index contributed by atoms with van der Waals surface area (Å²) in [6.45, 7) is 3.60. The van der Waals surface area contributed by atoms with E-state index in [1.165, 1.54) is 18.4 Å². The number of anilines is 1. The first-order valence-electron chi connectivity index (χ1n) is 11.8. The maximum absolute atomic E-state index is 11.1. The minimum atomic E-state index is -0.887. The number of carboxylic acid groups (broad SMARTS) is 1. The molecule has 2 heterocycles. The van der Waals surface area contributed by atoms with Crippen LogP contribution in [0.5, 0.6) is 0 Å². The highest BCUT2D eigenvalue weighted by Gasteiger charge is 2.45. The summed E-state index contributed by atoms with van der Waals surface area (Å²) < 4.78 is 12.4. The molecule has 0 spiro atoms. The summed E-state index contributed by atoms with van der Waals surface area (Å²) in [5.41, 5.74) is 5.79. The van der Waals surface area contributed by atoms with Crippen molar-refractivity contribution in [1.29, 1.82) is 0 Å². The van der Waals surface area contributed by atoms with Gasteiger partial charge in [0.2, 0.25) is 0 Å². The summed E-state index contributed by atoms with van der Waals surface area (Å²) in [6, 6.07) is 16.0. The molecule has 0 unspecified atom stereocenters. The van der Waals surface area contributed by atoms with Crippen molar-refractivity contribution in [2.45, 2.75) is 57.3 Å². The number of benzene rings is 2. The average Bonchev–Trinajstić information content (AvgIpc) is 3.27. The number of rotatable bonds is 7. The van der Waals surface area contributed by atoms with Crippen LogP contribution in [0.3, 0.4) is 0 Å². The molecule has 33 heavy (non-hydrogen) atoms. The van der Waals surface area contributed by atoms with E-state index in [0.717, 1.165) is 47.7 Å². The number of aromatic nitrogens is 1. The fourth-order valence-corrected chi connectivity index (χ4v) is 5.59. The molecule has 1 N–H and O–H groups in total. The molecule has 3 aromatic rings. The van der Waals surface area contributed by atoms with Gasteiger partial charge in [-0.2, -0.15) is 0 Å². The van der Waals surface area contributed by atoms with Gasteiger partial charge in [-0.05, 0) is 62.4 Å². The van der Waals surface area contributed by atoms with Crippen molar-refractivity contribution in [2.75, 3.05) is 11.4 Å². The van der Waals surface area contributed by atoms with Crippen LogP contribution in [-0.4, -0.2) is 34.9 Å². The molecule has 1 aromatic heterocycles. The molecule has 3 atom stereocenters. The monoisotopic (exact) mass is 444 g/mol. The minimum absolute atomic E-state index is 0.233. The first kappa shape index (κ1) is 20.5. The van der Waals surface area contributed by atoms with Crippen molar-refractivity contribution in [3.8, 4) is 11.3 Å². The maximum Gasteiger partial charge on any atom is 0.335 e. The van der Waals surface area contributed by atoms with Crippen molar-refractivity contribution in [1.82, 2.24) is 5.16 Å². The van der Waals surface area contributed by atoms with Crippen LogP contribution in [-0.2, 0) is 11.3 Å². The van der Waals surface area contributed by atoms with Gasteiger partial charge in [0.15, 0.2) is 0 Å². The third kappa shape index (κ3) is 3.72. The lowest BCUT2D eigenvalue weighted by Crippen LogP contribution is -2.38. The predicted molar refractivity (Wildman–Crippen MR) is 124 cm³/mol. The van der Waals surface area contributed by atoms with Crippen molar-refractivity contribution in [3.05, 3.63) is 71.0 Å². The Morgan fingerprint density at radius 1 is 1.15 bits per heavy atom. The Balaban J connectivity index is 1.16. The van der Waals surface area contributed by atoms with Gasteiger partial charge >= 0.3 is 5.97 Å². The predicted octanol–water partition coefficient (Wildman–Crippen LogP) is 5.41. The van der Waals surface area contributed by atoms with Crippen LogP contribution >= 0.6 is 0 Å². The second-order valence-electron chi connectivity index (χ2n) is 9.70. The van der Waals surface area contributed by atoms with Crippen LogP contribution in [0.15, 0.2) is 53.1 Å². The second-order valence-corrected chi connectivity index (χ2v) is 9.70. The lowest BCUT2D eigenvalue weighted by Gasteiger charge is -2.33. The van der Waals surface area contributed by atoms with Crippen molar-refractivity contribution < 1.29 is 19.2 Å². The van der Waals surface area contributed by atoms with E-state index in [1.807, 2.05) is 24.3 Å². The number of nitrogens with zero attached hydrogens (tertiary/aromatic N) is 2. The summed E-state index contributed by atoms with van der Waals surface area (Å²) in [6.07, 6.45) is 4.68. The number of aromatic carboxylic acids is 1. The van der Waals surface area contributed by atoms with Gasteiger partial charge in [-0.1, -0.05) is 29.4 Å². The molecular weight excluding hydrogens is 416 g/mol. The van der Waals surface area contributed by atoms with Crippen LogP contribution in [0.4, 0.5) is 5.69 Å². The number of carboxylic acids is 1. The van der Waals surface area contributed by atoms with Crippen LogP contribution in [0.1, 0.15) is 58.8 Å². The van der Waals surface area contributed by atoms with E-state index < -0.39 is 5.97 Å². The van der Waals surface area contributed by atoms with Crippen LogP contribution in [0.25, 0.3) is 11.3 Å². The smallest absolute Gasteiger partial charge is 0.335 e. The highest BCUT2D eigenvalue weighted by molar-refractivity contribution is 5.88. The van der Waals surface area contributed by atoms with Gasteiger partial charge in [-0.3, -0.25) is 0 Å². The Morgan fingerprint density at radius 2 is 1.94 bits per heavy atom. The number of piperidine rings is 1. The normalized spacial score (nSPS) is 23.9. The largest absolute Gasteiger partial charge is 0.478 e. The van der Waals surface area contributed by atoms with E-state index in [-0.39, 0.29) is 6.10 Å². The summed E-state index contributed by atoms with van der Waals surface area (Å²) in [5.74, 6) is 1.09. The van der Waals surface area contributed by atoms with Gasteiger partial charge in [-0.15, -0.1) is 0 Å². The summed E-state index contributed by atoms with van der Waals surface area (Å²) >= 11 is 0. The van der Waals surface area contributed by atoms with Gasteiger partial charge < -0.3 is 19.3 Å². The Labute approximate surface area is 193 Å². The molecule has 2 saturated carbocycles. The molecule has 0 radical (unpaired) electrons. The van der Waals surface area contributed by atoms with E-state index in [9.17, 15) is 4.79 Å². The third-order valence-corrected chi connectivity index (χ3v) is 7.53. The third-order valence-electron chi connectivity index (χ3n) is 7.53. The summed E-state index contributed by atoms with van der Waals surface area (Å²) in [5, 5.41) is 13.6. The standard InChI is InChI=1S/C27H28N2O4/c1-16-4-2-3-5-22(16)25-23(26(33-28-25)17-6-7-17)15-32-24-13-21-12-19(24)14-29(21)20-10-8-18(9-11-20)27(30)31/h2-5,8-11,17,19,21,24H,6-7,12-15H2,1H3,(H,30,31)/t19-,21-,24+/m0/s1. The second kappa shape index (κ2) is 8.03. The van der Waals surface area contributed by atoms with Crippen LogP contribution in [0, 0.1) is 12.8 Å². The van der Waals surface area contributed by atoms with Gasteiger partial charge in [0.05, 0.1) is 18.3 Å². The first-order chi connectivity index (χ1) is 16.1. The number of aryl methyl sites for hydroxylation is 1. The number of hydrogen-bond acceptors (Lipinski definition) is 5. The number of hydrogen-bond donors (Lipinski definition) is 1. The zero-order valence-electron chi connectivity index (χ0n) is 18.7. The molecule has 2 aliphatic carbocycles. The van der Waals surface area contributed by atoms with Crippen molar-refractivity contribution in [2.24, 2.45) is 5.92 Å². The van der Waals surface area contributed by atoms with Gasteiger partial charge in [0.25, 0.3) is 0 Å². The van der Waals surface area contributed by atoms with Gasteiger partial charge in [-0.25, -0.2) is 4.79 Å². The molecule has 3 aliphatic rings. The molecule has 1 saturated heterocycles. The number of carbonyl (C=O) groups is 1. The molecule has 6 nitrogen and oxygen atoms in total. The first-order valence-corrected chi connectivity index (χ1v) is 11.8. The SMILES string of the molecule is Cc1ccccc1-c1noc(C2CC2)c1CO[C@@H]1C[C@@H]2C[C@H]1CN2c1ccc(C(=O)O)cc1. The molecule has 0 amide bonds. The molecule has 2 aromatic carbocycles. The summed E-state index contributed by atoms with van der Waals surface area (Å²) in [7, 11) is 0. The van der Waals surface area contributed by atoms with Crippen LogP contribution in [0.2, 0.25) is 0 Å². The highest BCUT2D eigenvalue weighted by Crippen LogP contribution is 2.46. The quantitative estimate of drug-likeness (QED) is 0.525. The maximum atomic E-state index is 11.1. The zero-order chi connectivity index (χ0) is 22.5. The number of fused-ring (bicyclic) bond motifs is 2. The van der Waals surface area contributed by atoms with Crippen molar-refractivity contribution in [3.63, 3.8) is 0 Å². The van der Waals surface area contributed by atoms with E-state index in [4.69, 9.17) is 14.4 Å². The van der Waals surface area contributed by atoms with E-state index >= 15 is 0 Å². The summed E-state index contributed by atoms with van der Waals surface area (Å²) in [4.78, 5) is 13.5. The highest BCUT2D eigenvalue weighted by atomic mass is 16.5. The molecular formula is C27H28N2O4. The lowest BCUT2D eigenvalue weighted by molar-refractivity contribution is 0.0122. The topological polar surface area (TPSA) is 75.8 Å². The van der Waals surface area contributed by atoms with Crippen LogP contribution < -0.4 is 4.90 Å². The fraction of sp³-hybridized carbons (Fsp3) is 0.407. The molecule has 2 bridgehead atoms. The molecule has 170 valence electrons. The number of ether oxygens (including phenoxy) is 1. The van der Waals surface area contributed by atoms with E-state index in [1.54, 1.807) is 12.1 Å². The Bertz CT molecular complexity index is 1180. The van der Waals surface area contributed by atoms with E-state index in [0.29, 0.717) is 30.0 Å². The van der Waals surface area contributed by atoms with Gasteiger partial charge in [0, 0.05) is 41.2 Å². The zero-order valence-corrected chi connectivity index (χ0v) is 18.7. The Morgan fingerprint density at radius 3 is 2.61 bits per heavy atom. The van der Waals surface area contributed by atoms with Gasteiger partial charge in [0.1, 0.15) is 11.5 Å². The Kier molecular flexibility index (Phi) is 4.98. The fourth-order valence-electron chi connectivity index (χ4n) is 5.59. The Hall–Kier alpha value is -3.12. The molecule has 1 aliphatic heterocycles. The minimum Gasteiger partial charge on any atom is -0.478 e. The van der Waals surface area contributed by atoms with Crippen molar-refractivity contribution >= 4 is 11.7 Å².